The van der Waals surface area contributed by atoms with Crippen molar-refractivity contribution in [1.82, 2.24) is 0 Å². The maximum atomic E-state index is 11.1. The highest BCUT2D eigenvalue weighted by atomic mass is 16.5. The van der Waals surface area contributed by atoms with Gasteiger partial charge in [-0.25, -0.2) is 0 Å². The fourth-order valence-corrected chi connectivity index (χ4v) is 4.42. The highest BCUT2D eigenvalue weighted by Gasteiger charge is 2.46. The maximum absolute atomic E-state index is 11.1. The van der Waals surface area contributed by atoms with Crippen LogP contribution >= 0.6 is 0 Å². The van der Waals surface area contributed by atoms with Crippen LogP contribution in [0.25, 0.3) is 0 Å². The van der Waals surface area contributed by atoms with Crippen LogP contribution in [-0.2, 0) is 16.6 Å². The molecule has 0 radical (unpaired) electrons. The lowest BCUT2D eigenvalue weighted by Crippen LogP contribution is -2.42. The fraction of sp³-hybridized carbons (Fsp3) is 0.611. The van der Waals surface area contributed by atoms with E-state index in [-0.39, 0.29) is 11.3 Å². The molecule has 1 unspecified atom stereocenters. The number of carbonyl (C=O) groups excluding carboxylic acids is 1. The molecule has 0 saturated heterocycles. The van der Waals surface area contributed by atoms with Crippen LogP contribution in [0.3, 0.4) is 0 Å². The number of aryl methyl sites for hydroxylation is 1. The predicted octanol–water partition coefficient (Wildman–Crippen LogP) is 3.52. The van der Waals surface area contributed by atoms with Crippen molar-refractivity contribution in [2.75, 3.05) is 14.2 Å². The molecular weight excluding hydrogens is 264 g/mol. The van der Waals surface area contributed by atoms with Crippen molar-refractivity contribution in [2.24, 2.45) is 11.8 Å². The first-order valence-corrected chi connectivity index (χ1v) is 7.83. The van der Waals surface area contributed by atoms with Crippen molar-refractivity contribution in [3.63, 3.8) is 0 Å². The quantitative estimate of drug-likeness (QED) is 0.798. The molecule has 2 aliphatic carbocycles. The molecule has 2 aliphatic rings. The Balaban J connectivity index is 2.07. The van der Waals surface area contributed by atoms with E-state index in [9.17, 15) is 4.79 Å². The van der Waals surface area contributed by atoms with Crippen LogP contribution in [0.4, 0.5) is 0 Å². The summed E-state index contributed by atoms with van der Waals surface area (Å²) in [6, 6.07) is 4.16. The molecule has 0 aromatic heterocycles. The van der Waals surface area contributed by atoms with Crippen LogP contribution < -0.4 is 9.47 Å². The zero-order valence-electron chi connectivity index (χ0n) is 13.1. The topological polar surface area (TPSA) is 35.5 Å². The van der Waals surface area contributed by atoms with E-state index in [1.807, 2.05) is 6.07 Å². The zero-order valence-corrected chi connectivity index (χ0v) is 13.1. The Labute approximate surface area is 126 Å². The van der Waals surface area contributed by atoms with Crippen molar-refractivity contribution in [1.29, 1.82) is 0 Å². The number of ether oxygens (including phenoxy) is 2. The number of rotatable bonds is 3. The van der Waals surface area contributed by atoms with Crippen LogP contribution in [0, 0.1) is 11.8 Å². The van der Waals surface area contributed by atoms with Crippen LogP contribution in [0.15, 0.2) is 12.1 Å². The normalized spacial score (nSPS) is 31.0. The average Bonchev–Trinajstić information content (AvgIpc) is 2.52. The minimum Gasteiger partial charge on any atom is -0.497 e. The number of fused-ring (bicyclic) bond motifs is 3. The molecular formula is C18H24O3. The summed E-state index contributed by atoms with van der Waals surface area (Å²) in [7, 11) is 3.43. The smallest absolute Gasteiger partial charge is 0.126 e. The third-order valence-electron chi connectivity index (χ3n) is 5.66. The van der Waals surface area contributed by atoms with Crippen LogP contribution in [0.2, 0.25) is 0 Å². The lowest BCUT2D eigenvalue weighted by atomic mass is 9.56. The summed E-state index contributed by atoms with van der Waals surface area (Å²) in [5.74, 6) is 2.64. The molecule has 114 valence electrons. The van der Waals surface area contributed by atoms with E-state index in [1.54, 1.807) is 14.2 Å². The zero-order chi connectivity index (χ0) is 15.0. The predicted molar refractivity (Wildman–Crippen MR) is 82.1 cm³/mol. The van der Waals surface area contributed by atoms with Gasteiger partial charge in [0.1, 0.15) is 17.8 Å². The van der Waals surface area contributed by atoms with E-state index in [2.05, 4.69) is 13.0 Å². The summed E-state index contributed by atoms with van der Waals surface area (Å²) in [6.45, 7) is 2.35. The van der Waals surface area contributed by atoms with Gasteiger partial charge in [-0.15, -0.1) is 0 Å². The second-order valence-corrected chi connectivity index (χ2v) is 6.69. The molecule has 0 heterocycles. The van der Waals surface area contributed by atoms with Gasteiger partial charge in [-0.2, -0.15) is 0 Å². The Morgan fingerprint density at radius 2 is 2.05 bits per heavy atom. The lowest BCUT2D eigenvalue weighted by Gasteiger charge is -2.48. The first kappa shape index (κ1) is 14.4. The molecule has 21 heavy (non-hydrogen) atoms. The van der Waals surface area contributed by atoms with E-state index >= 15 is 0 Å². The second kappa shape index (κ2) is 5.36. The molecule has 1 saturated carbocycles. The summed E-state index contributed by atoms with van der Waals surface area (Å²) >= 11 is 0. The Hall–Kier alpha value is -1.51. The minimum absolute atomic E-state index is 0.130. The molecule has 1 aromatic carbocycles. The Bertz CT molecular complexity index is 534. The van der Waals surface area contributed by atoms with E-state index in [4.69, 9.17) is 9.47 Å². The molecule has 3 rings (SSSR count). The van der Waals surface area contributed by atoms with Crippen molar-refractivity contribution in [2.45, 2.75) is 44.4 Å². The van der Waals surface area contributed by atoms with Gasteiger partial charge in [0.2, 0.25) is 0 Å². The Morgan fingerprint density at radius 3 is 2.71 bits per heavy atom. The maximum Gasteiger partial charge on any atom is 0.126 e. The molecule has 0 bridgehead atoms. The first-order valence-electron chi connectivity index (χ1n) is 7.83. The number of carbonyl (C=O) groups is 1. The number of benzene rings is 1. The number of hydrogen-bond donors (Lipinski definition) is 0. The van der Waals surface area contributed by atoms with Gasteiger partial charge in [-0.1, -0.05) is 6.92 Å². The van der Waals surface area contributed by atoms with Gasteiger partial charge in [-0.05, 0) is 55.1 Å². The molecule has 0 N–H and O–H groups in total. The van der Waals surface area contributed by atoms with Gasteiger partial charge in [0.05, 0.1) is 14.2 Å². The molecule has 3 heteroatoms. The number of methoxy groups -OCH3 is 2. The van der Waals surface area contributed by atoms with Gasteiger partial charge < -0.3 is 14.3 Å². The van der Waals surface area contributed by atoms with Gasteiger partial charge >= 0.3 is 0 Å². The molecule has 1 aromatic rings. The van der Waals surface area contributed by atoms with Crippen LogP contribution in [0.1, 0.15) is 43.7 Å². The number of aldehydes is 1. The highest BCUT2D eigenvalue weighted by Crippen LogP contribution is 2.54. The monoisotopic (exact) mass is 288 g/mol. The number of hydrogen-bond acceptors (Lipinski definition) is 3. The molecule has 0 spiro atoms. The van der Waals surface area contributed by atoms with E-state index in [0.29, 0.717) is 5.92 Å². The fourth-order valence-electron chi connectivity index (χ4n) is 4.42. The van der Waals surface area contributed by atoms with Crippen LogP contribution in [-0.4, -0.2) is 20.5 Å². The van der Waals surface area contributed by atoms with Gasteiger partial charge in [0.15, 0.2) is 0 Å². The molecule has 3 atom stereocenters. The van der Waals surface area contributed by atoms with E-state index in [1.165, 1.54) is 11.1 Å². The van der Waals surface area contributed by atoms with Gasteiger partial charge in [0.25, 0.3) is 0 Å². The summed E-state index contributed by atoms with van der Waals surface area (Å²) in [5, 5.41) is 0. The third-order valence-corrected chi connectivity index (χ3v) is 5.66. The third kappa shape index (κ3) is 2.23. The van der Waals surface area contributed by atoms with Crippen molar-refractivity contribution in [3.05, 3.63) is 23.3 Å². The molecule has 0 amide bonds. The van der Waals surface area contributed by atoms with Crippen molar-refractivity contribution in [3.8, 4) is 11.5 Å². The Morgan fingerprint density at radius 1 is 1.24 bits per heavy atom. The summed E-state index contributed by atoms with van der Waals surface area (Å²) in [5.41, 5.74) is 2.84. The SMILES string of the molecule is COc1cc2c(c(OC)c1)[C@@]1(C)CCC(C=O)C[C@H]1CC2. The molecule has 3 nitrogen and oxygen atoms in total. The van der Waals surface area contributed by atoms with Gasteiger partial charge in [-0.3, -0.25) is 0 Å². The summed E-state index contributed by atoms with van der Waals surface area (Å²) in [4.78, 5) is 11.1. The Kier molecular flexibility index (Phi) is 3.68. The van der Waals surface area contributed by atoms with Crippen molar-refractivity contribution >= 4 is 6.29 Å². The molecule has 0 aliphatic heterocycles. The van der Waals surface area contributed by atoms with E-state index in [0.717, 1.165) is 49.9 Å². The summed E-state index contributed by atoms with van der Waals surface area (Å²) < 4.78 is 11.1. The van der Waals surface area contributed by atoms with Gasteiger partial charge in [0, 0.05) is 17.5 Å². The average molecular weight is 288 g/mol. The molecule has 1 fully saturated rings. The highest BCUT2D eigenvalue weighted by molar-refractivity contribution is 5.56. The van der Waals surface area contributed by atoms with Crippen LogP contribution in [0.5, 0.6) is 11.5 Å². The largest absolute Gasteiger partial charge is 0.497 e. The summed E-state index contributed by atoms with van der Waals surface area (Å²) in [6.07, 6.45) is 6.44. The van der Waals surface area contributed by atoms with Crippen molar-refractivity contribution < 1.29 is 14.3 Å². The standard InChI is InChI=1S/C18H24O3/c1-18-7-6-12(11-19)8-14(18)5-4-13-9-15(20-2)10-16(21-3)17(13)18/h9-12,14H,4-8H2,1-3H3/t12?,14-,18+/m1/s1. The van der Waals surface area contributed by atoms with E-state index < -0.39 is 0 Å². The lowest BCUT2D eigenvalue weighted by molar-refractivity contribution is -0.113. The second-order valence-electron chi connectivity index (χ2n) is 6.69. The first-order chi connectivity index (χ1) is 10.1. The minimum atomic E-state index is 0.130.